The van der Waals surface area contributed by atoms with E-state index in [-0.39, 0.29) is 12.4 Å². The first-order valence-corrected chi connectivity index (χ1v) is 5.90. The first-order chi connectivity index (χ1) is 5.69. The highest BCUT2D eigenvalue weighted by Crippen LogP contribution is 2.09. The third-order valence-electron chi connectivity index (χ3n) is 1.59. The van der Waals surface area contributed by atoms with E-state index in [1.165, 1.54) is 7.11 Å². The zero-order chi connectivity index (χ0) is 10.7. The van der Waals surface area contributed by atoms with Crippen molar-refractivity contribution in [1.29, 1.82) is 0 Å². The van der Waals surface area contributed by atoms with Crippen molar-refractivity contribution >= 4 is 9.84 Å². The molecule has 1 unspecified atom stereocenters. The minimum atomic E-state index is -3.13. The van der Waals surface area contributed by atoms with Crippen LogP contribution in [0.5, 0.6) is 0 Å². The van der Waals surface area contributed by atoms with Crippen LogP contribution in [0.25, 0.3) is 0 Å². The SMILES string of the molecule is COCC(C)S(=O)(=O)CC(C)(C)N. The number of hydrogen-bond donors (Lipinski definition) is 1. The van der Waals surface area contributed by atoms with Crippen molar-refractivity contribution in [3.63, 3.8) is 0 Å². The summed E-state index contributed by atoms with van der Waals surface area (Å²) in [4.78, 5) is 0. The Balaban J connectivity index is 4.41. The molecule has 0 saturated carbocycles. The smallest absolute Gasteiger partial charge is 0.156 e. The summed E-state index contributed by atoms with van der Waals surface area (Å²) in [6.45, 7) is 5.25. The second-order valence-corrected chi connectivity index (χ2v) is 6.48. The van der Waals surface area contributed by atoms with Gasteiger partial charge in [0.1, 0.15) is 0 Å². The highest BCUT2D eigenvalue weighted by molar-refractivity contribution is 7.92. The van der Waals surface area contributed by atoms with E-state index in [0.29, 0.717) is 0 Å². The third-order valence-corrected chi connectivity index (χ3v) is 4.10. The van der Waals surface area contributed by atoms with E-state index in [4.69, 9.17) is 10.5 Å². The molecule has 0 aromatic rings. The molecule has 0 aromatic heterocycles. The maximum Gasteiger partial charge on any atom is 0.156 e. The summed E-state index contributed by atoms with van der Waals surface area (Å²) < 4.78 is 27.9. The number of nitrogens with two attached hydrogens (primary N) is 1. The summed E-state index contributed by atoms with van der Waals surface area (Å²) in [5.74, 6) is -0.00940. The summed E-state index contributed by atoms with van der Waals surface area (Å²) in [7, 11) is -1.64. The Labute approximate surface area is 80.4 Å². The summed E-state index contributed by atoms with van der Waals surface area (Å²) >= 11 is 0. The second kappa shape index (κ2) is 4.39. The molecule has 13 heavy (non-hydrogen) atoms. The average Bonchev–Trinajstić information content (AvgIpc) is 1.82. The van der Waals surface area contributed by atoms with Crippen LogP contribution in [0.4, 0.5) is 0 Å². The molecular formula is C8H19NO3S. The molecule has 0 amide bonds. The van der Waals surface area contributed by atoms with E-state index < -0.39 is 20.6 Å². The molecule has 0 fully saturated rings. The molecule has 0 aromatic carbocycles. The summed E-state index contributed by atoms with van der Waals surface area (Å²) in [6.07, 6.45) is 0. The number of sulfone groups is 1. The van der Waals surface area contributed by atoms with Crippen LogP contribution in [0.3, 0.4) is 0 Å². The van der Waals surface area contributed by atoms with Crippen LogP contribution in [-0.4, -0.2) is 38.7 Å². The maximum absolute atomic E-state index is 11.6. The van der Waals surface area contributed by atoms with Crippen LogP contribution in [-0.2, 0) is 14.6 Å². The number of methoxy groups -OCH3 is 1. The minimum Gasteiger partial charge on any atom is -0.383 e. The van der Waals surface area contributed by atoms with Gasteiger partial charge in [-0.2, -0.15) is 0 Å². The molecule has 2 N–H and O–H groups in total. The zero-order valence-electron chi connectivity index (χ0n) is 8.70. The van der Waals surface area contributed by atoms with E-state index in [0.717, 1.165) is 0 Å². The Morgan fingerprint density at radius 1 is 1.46 bits per heavy atom. The Morgan fingerprint density at radius 3 is 2.23 bits per heavy atom. The predicted octanol–water partition coefficient (Wildman–Crippen LogP) is 0.173. The van der Waals surface area contributed by atoms with Crippen molar-refractivity contribution in [2.75, 3.05) is 19.5 Å². The first kappa shape index (κ1) is 12.9. The van der Waals surface area contributed by atoms with Gasteiger partial charge in [0.15, 0.2) is 9.84 Å². The zero-order valence-corrected chi connectivity index (χ0v) is 9.52. The highest BCUT2D eigenvalue weighted by atomic mass is 32.2. The first-order valence-electron chi connectivity index (χ1n) is 4.18. The van der Waals surface area contributed by atoms with Crippen molar-refractivity contribution in [2.24, 2.45) is 5.73 Å². The standard InChI is InChI=1S/C8H19NO3S/c1-7(5-12-4)13(10,11)6-8(2,3)9/h7H,5-6,9H2,1-4H3. The van der Waals surface area contributed by atoms with E-state index in [1.807, 2.05) is 0 Å². The van der Waals surface area contributed by atoms with Gasteiger partial charge in [-0.3, -0.25) is 0 Å². The van der Waals surface area contributed by atoms with Gasteiger partial charge in [0.2, 0.25) is 0 Å². The van der Waals surface area contributed by atoms with Gasteiger partial charge in [-0.15, -0.1) is 0 Å². The molecule has 1 atom stereocenters. The lowest BCUT2D eigenvalue weighted by Gasteiger charge is -2.21. The van der Waals surface area contributed by atoms with Gasteiger partial charge in [0.25, 0.3) is 0 Å². The molecular weight excluding hydrogens is 190 g/mol. The second-order valence-electron chi connectivity index (χ2n) is 4.06. The monoisotopic (exact) mass is 209 g/mol. The molecule has 0 aliphatic heterocycles. The quantitative estimate of drug-likeness (QED) is 0.701. The van der Waals surface area contributed by atoms with Gasteiger partial charge in [0, 0.05) is 12.6 Å². The summed E-state index contributed by atoms with van der Waals surface area (Å²) in [5.41, 5.74) is 4.96. The van der Waals surface area contributed by atoms with Crippen LogP contribution >= 0.6 is 0 Å². The lowest BCUT2D eigenvalue weighted by Crippen LogP contribution is -2.43. The molecule has 4 nitrogen and oxygen atoms in total. The highest BCUT2D eigenvalue weighted by Gasteiger charge is 2.27. The molecule has 0 bridgehead atoms. The van der Waals surface area contributed by atoms with Gasteiger partial charge < -0.3 is 10.5 Å². The summed E-state index contributed by atoms with van der Waals surface area (Å²) in [5, 5.41) is -0.486. The largest absolute Gasteiger partial charge is 0.383 e. The van der Waals surface area contributed by atoms with E-state index in [1.54, 1.807) is 20.8 Å². The third kappa shape index (κ3) is 5.23. The van der Waals surface area contributed by atoms with Gasteiger partial charge in [0.05, 0.1) is 17.6 Å². The molecule has 0 aliphatic carbocycles. The molecule has 0 rings (SSSR count). The lowest BCUT2D eigenvalue weighted by atomic mass is 10.1. The molecule has 80 valence electrons. The molecule has 0 aliphatic rings. The lowest BCUT2D eigenvalue weighted by molar-refractivity contribution is 0.200. The Bertz CT molecular complexity index is 241. The fourth-order valence-corrected chi connectivity index (χ4v) is 2.66. The van der Waals surface area contributed by atoms with Gasteiger partial charge in [-0.25, -0.2) is 8.42 Å². The van der Waals surface area contributed by atoms with Crippen LogP contribution in [0, 0.1) is 0 Å². The number of rotatable bonds is 5. The molecule has 0 heterocycles. The topological polar surface area (TPSA) is 69.4 Å². The fourth-order valence-electron chi connectivity index (χ4n) is 0.999. The minimum absolute atomic E-state index is 0.00940. The molecule has 0 saturated heterocycles. The average molecular weight is 209 g/mol. The summed E-state index contributed by atoms with van der Waals surface area (Å²) in [6, 6.07) is 0. The van der Waals surface area contributed by atoms with Crippen molar-refractivity contribution in [3.8, 4) is 0 Å². The van der Waals surface area contributed by atoms with E-state index in [9.17, 15) is 8.42 Å². The van der Waals surface area contributed by atoms with Gasteiger partial charge >= 0.3 is 0 Å². The van der Waals surface area contributed by atoms with Crippen LogP contribution < -0.4 is 5.73 Å². The van der Waals surface area contributed by atoms with Crippen LogP contribution in [0.1, 0.15) is 20.8 Å². The number of hydrogen-bond acceptors (Lipinski definition) is 4. The van der Waals surface area contributed by atoms with Crippen molar-refractivity contribution in [1.82, 2.24) is 0 Å². The Hall–Kier alpha value is -0.130. The normalized spacial score (nSPS) is 15.8. The molecule has 5 heteroatoms. The molecule has 0 spiro atoms. The number of ether oxygens (including phenoxy) is 1. The van der Waals surface area contributed by atoms with Gasteiger partial charge in [-0.1, -0.05) is 0 Å². The Kier molecular flexibility index (Phi) is 4.35. The van der Waals surface area contributed by atoms with E-state index >= 15 is 0 Å². The fraction of sp³-hybridized carbons (Fsp3) is 1.00. The maximum atomic E-state index is 11.6. The van der Waals surface area contributed by atoms with Crippen LogP contribution in [0.15, 0.2) is 0 Å². The van der Waals surface area contributed by atoms with Crippen molar-refractivity contribution < 1.29 is 13.2 Å². The van der Waals surface area contributed by atoms with Crippen molar-refractivity contribution in [2.45, 2.75) is 31.6 Å². The van der Waals surface area contributed by atoms with Gasteiger partial charge in [-0.05, 0) is 20.8 Å². The predicted molar refractivity (Wildman–Crippen MR) is 53.4 cm³/mol. The molecule has 0 radical (unpaired) electrons. The Morgan fingerprint density at radius 2 is 1.92 bits per heavy atom. The van der Waals surface area contributed by atoms with Crippen LogP contribution in [0.2, 0.25) is 0 Å². The van der Waals surface area contributed by atoms with Crippen molar-refractivity contribution in [3.05, 3.63) is 0 Å². The van der Waals surface area contributed by atoms with E-state index in [2.05, 4.69) is 0 Å².